The van der Waals surface area contributed by atoms with Crippen LogP contribution in [0.1, 0.15) is 51.8 Å². The molecule has 4 rings (SSSR count). The predicted molar refractivity (Wildman–Crippen MR) is 65.6 cm³/mol. The maximum Gasteiger partial charge on any atom is 0.138 e. The zero-order chi connectivity index (χ0) is 11.8. The van der Waals surface area contributed by atoms with Crippen LogP contribution in [0.3, 0.4) is 0 Å². The zero-order valence-electron chi connectivity index (χ0n) is 10.9. The summed E-state index contributed by atoms with van der Waals surface area (Å²) in [7, 11) is 0. The second-order valence-corrected chi connectivity index (χ2v) is 7.21. The molecule has 17 heavy (non-hydrogen) atoms. The molecule has 3 heteroatoms. The number of rotatable bonds is 1. The fourth-order valence-electron chi connectivity index (χ4n) is 4.66. The van der Waals surface area contributed by atoms with Gasteiger partial charge < -0.3 is 0 Å². The van der Waals surface area contributed by atoms with E-state index in [9.17, 15) is 0 Å². The molecular weight excluding hydrogens is 210 g/mol. The summed E-state index contributed by atoms with van der Waals surface area (Å²) in [5.41, 5.74) is 0.0712. The molecule has 0 spiro atoms. The summed E-state index contributed by atoms with van der Waals surface area (Å²) in [6.07, 6.45) is 6.21. The van der Waals surface area contributed by atoms with Crippen molar-refractivity contribution in [2.24, 2.45) is 23.7 Å². The molecule has 1 unspecified atom stereocenters. The molecule has 2 bridgehead atoms. The minimum Gasteiger partial charge on any atom is -0.245 e. The topological polar surface area (TPSA) is 30.7 Å². The number of hydrogen-bond donors (Lipinski definition) is 0. The highest BCUT2D eigenvalue weighted by Crippen LogP contribution is 2.72. The van der Waals surface area contributed by atoms with Gasteiger partial charge in [-0.05, 0) is 63.7 Å². The van der Waals surface area contributed by atoms with Crippen LogP contribution in [-0.2, 0) is 5.54 Å². The molecule has 1 heterocycles. The number of fused-ring (bicyclic) bond motifs is 5. The molecule has 5 atom stereocenters. The molecule has 0 radical (unpaired) electrons. The summed E-state index contributed by atoms with van der Waals surface area (Å²) in [4.78, 5) is 4.58. The van der Waals surface area contributed by atoms with Gasteiger partial charge in [-0.2, -0.15) is 5.10 Å². The molecule has 3 fully saturated rings. The van der Waals surface area contributed by atoms with Crippen LogP contribution in [0.25, 0.3) is 0 Å². The Morgan fingerprint density at radius 2 is 1.82 bits per heavy atom. The Labute approximate surface area is 103 Å². The Morgan fingerprint density at radius 1 is 1.18 bits per heavy atom. The van der Waals surface area contributed by atoms with E-state index in [0.29, 0.717) is 0 Å². The van der Waals surface area contributed by atoms with E-state index in [1.165, 1.54) is 25.1 Å². The lowest BCUT2D eigenvalue weighted by atomic mass is 10.0. The van der Waals surface area contributed by atoms with Crippen molar-refractivity contribution in [2.45, 2.75) is 51.5 Å². The fourth-order valence-corrected chi connectivity index (χ4v) is 4.66. The second kappa shape index (κ2) is 2.93. The van der Waals surface area contributed by atoms with Gasteiger partial charge in [-0.3, -0.25) is 0 Å². The molecule has 1 aromatic heterocycles. The van der Waals surface area contributed by atoms with E-state index in [-0.39, 0.29) is 5.54 Å². The Morgan fingerprint density at radius 3 is 2.41 bits per heavy atom. The molecule has 3 saturated carbocycles. The van der Waals surface area contributed by atoms with Crippen LogP contribution in [0.15, 0.2) is 6.33 Å². The molecule has 0 N–H and O–H groups in total. The van der Waals surface area contributed by atoms with Gasteiger partial charge in [0, 0.05) is 5.92 Å². The molecule has 0 saturated heterocycles. The van der Waals surface area contributed by atoms with E-state index in [2.05, 4.69) is 35.5 Å². The van der Waals surface area contributed by atoms with Crippen molar-refractivity contribution in [3.63, 3.8) is 0 Å². The molecule has 92 valence electrons. The Bertz CT molecular complexity index is 440. The number of nitrogens with zero attached hydrogens (tertiary/aromatic N) is 3. The van der Waals surface area contributed by atoms with Crippen molar-refractivity contribution in [1.82, 2.24) is 14.8 Å². The average Bonchev–Trinajstić information content (AvgIpc) is 2.74. The van der Waals surface area contributed by atoms with Crippen molar-refractivity contribution < 1.29 is 0 Å². The van der Waals surface area contributed by atoms with E-state index in [1.807, 2.05) is 0 Å². The third-order valence-corrected chi connectivity index (χ3v) is 5.24. The van der Waals surface area contributed by atoms with Crippen LogP contribution in [0.5, 0.6) is 0 Å². The van der Waals surface area contributed by atoms with Gasteiger partial charge in [0.2, 0.25) is 0 Å². The van der Waals surface area contributed by atoms with Crippen LogP contribution in [0.2, 0.25) is 0 Å². The largest absolute Gasteiger partial charge is 0.245 e. The summed E-state index contributed by atoms with van der Waals surface area (Å²) in [5, 5.41) is 4.45. The van der Waals surface area contributed by atoms with Crippen molar-refractivity contribution in [1.29, 1.82) is 0 Å². The van der Waals surface area contributed by atoms with Crippen LogP contribution in [0.4, 0.5) is 0 Å². The lowest BCUT2D eigenvalue weighted by Gasteiger charge is -2.22. The first kappa shape index (κ1) is 10.1. The first-order valence-corrected chi connectivity index (χ1v) is 6.98. The van der Waals surface area contributed by atoms with Crippen molar-refractivity contribution in [3.8, 4) is 0 Å². The monoisotopic (exact) mass is 231 g/mol. The number of hydrogen-bond acceptors (Lipinski definition) is 2. The summed E-state index contributed by atoms with van der Waals surface area (Å²) in [5.74, 6) is 5.95. The minimum atomic E-state index is 0.0712. The van der Waals surface area contributed by atoms with Crippen LogP contribution >= 0.6 is 0 Å². The Hall–Kier alpha value is -0.860. The number of aromatic nitrogens is 3. The van der Waals surface area contributed by atoms with Gasteiger partial charge in [-0.15, -0.1) is 0 Å². The summed E-state index contributed by atoms with van der Waals surface area (Å²) >= 11 is 0. The van der Waals surface area contributed by atoms with E-state index in [1.54, 1.807) is 6.33 Å². The smallest absolute Gasteiger partial charge is 0.138 e. The van der Waals surface area contributed by atoms with Gasteiger partial charge in [0.15, 0.2) is 0 Å². The molecule has 1 aromatic rings. The molecular formula is C14H21N3. The van der Waals surface area contributed by atoms with Gasteiger partial charge in [-0.1, -0.05) is 0 Å². The SMILES string of the molecule is CC(C)(C)n1ncnc1C1[C@@H]2[C@H]3CC[C@H](C3)[C@H]12. The lowest BCUT2D eigenvalue weighted by molar-refractivity contribution is 0.334. The van der Waals surface area contributed by atoms with Crippen molar-refractivity contribution >= 4 is 0 Å². The van der Waals surface area contributed by atoms with Crippen LogP contribution in [-0.4, -0.2) is 14.8 Å². The summed E-state index contributed by atoms with van der Waals surface area (Å²) < 4.78 is 2.16. The molecule has 3 aliphatic carbocycles. The Kier molecular flexibility index (Phi) is 1.74. The predicted octanol–water partition coefficient (Wildman–Crippen LogP) is 2.79. The highest BCUT2D eigenvalue weighted by Gasteiger charge is 2.66. The summed E-state index contributed by atoms with van der Waals surface area (Å²) in [6.45, 7) is 6.66. The highest BCUT2D eigenvalue weighted by molar-refractivity contribution is 5.24. The molecule has 3 nitrogen and oxygen atoms in total. The first-order valence-electron chi connectivity index (χ1n) is 6.98. The van der Waals surface area contributed by atoms with Crippen molar-refractivity contribution in [3.05, 3.63) is 12.2 Å². The van der Waals surface area contributed by atoms with Crippen LogP contribution < -0.4 is 0 Å². The fraction of sp³-hybridized carbons (Fsp3) is 0.857. The average molecular weight is 231 g/mol. The zero-order valence-corrected chi connectivity index (χ0v) is 10.9. The molecule has 0 aromatic carbocycles. The summed E-state index contributed by atoms with van der Waals surface area (Å²) in [6, 6.07) is 0. The molecule has 0 amide bonds. The highest BCUT2D eigenvalue weighted by atomic mass is 15.4. The normalized spacial score (nSPS) is 42.9. The van der Waals surface area contributed by atoms with Gasteiger partial charge in [0.1, 0.15) is 12.2 Å². The van der Waals surface area contributed by atoms with E-state index < -0.39 is 0 Å². The van der Waals surface area contributed by atoms with Gasteiger partial charge in [0.25, 0.3) is 0 Å². The molecule has 3 aliphatic rings. The lowest BCUT2D eigenvalue weighted by Crippen LogP contribution is -2.26. The van der Waals surface area contributed by atoms with Gasteiger partial charge in [-0.25, -0.2) is 9.67 Å². The minimum absolute atomic E-state index is 0.0712. The molecule has 0 aliphatic heterocycles. The quantitative estimate of drug-likeness (QED) is 0.744. The second-order valence-electron chi connectivity index (χ2n) is 7.21. The Balaban J connectivity index is 1.68. The third-order valence-electron chi connectivity index (χ3n) is 5.24. The van der Waals surface area contributed by atoms with E-state index in [4.69, 9.17) is 0 Å². The van der Waals surface area contributed by atoms with Crippen molar-refractivity contribution in [2.75, 3.05) is 0 Å². The maximum atomic E-state index is 4.58. The van der Waals surface area contributed by atoms with E-state index >= 15 is 0 Å². The van der Waals surface area contributed by atoms with Crippen LogP contribution in [0, 0.1) is 23.7 Å². The van der Waals surface area contributed by atoms with Gasteiger partial charge in [0.05, 0.1) is 5.54 Å². The van der Waals surface area contributed by atoms with Gasteiger partial charge >= 0.3 is 0 Å². The maximum absolute atomic E-state index is 4.58. The first-order chi connectivity index (χ1) is 8.07. The standard InChI is InChI=1S/C14H21N3/c1-14(2,3)17-13(15-7-16-17)12-10-8-4-5-9(6-8)11(10)12/h7-12H,4-6H2,1-3H3/t8-,9+,10+,11-,12?. The third kappa shape index (κ3) is 1.23. The van der Waals surface area contributed by atoms with E-state index in [0.717, 1.165) is 29.6 Å².